The van der Waals surface area contributed by atoms with Crippen molar-refractivity contribution >= 4 is 23.5 Å². The maximum atomic E-state index is 11.6. The van der Waals surface area contributed by atoms with Gasteiger partial charge in [-0.25, -0.2) is 9.59 Å². The third kappa shape index (κ3) is 4.07. The molecular formula is C12H14N2O5. The first-order valence-corrected chi connectivity index (χ1v) is 5.52. The molecule has 0 saturated heterocycles. The number of nitrogens with one attached hydrogen (secondary N) is 1. The lowest BCUT2D eigenvalue weighted by atomic mass is 10.2. The predicted molar refractivity (Wildman–Crippen MR) is 66.6 cm³/mol. The zero-order valence-electron chi connectivity index (χ0n) is 10.3. The van der Waals surface area contributed by atoms with Crippen LogP contribution in [0.2, 0.25) is 0 Å². The van der Waals surface area contributed by atoms with E-state index in [0.717, 1.165) is 0 Å². The largest absolute Gasteiger partial charge is 0.478 e. The number of anilines is 1. The number of carboxylic acids is 1. The molecule has 4 N–H and O–H groups in total. The quantitative estimate of drug-likeness (QED) is 0.518. The van der Waals surface area contributed by atoms with Crippen molar-refractivity contribution in [2.75, 3.05) is 11.9 Å². The number of ether oxygens (including phenoxy) is 1. The van der Waals surface area contributed by atoms with Gasteiger partial charge in [0, 0.05) is 5.69 Å². The Hall–Kier alpha value is -2.41. The highest BCUT2D eigenvalue weighted by Gasteiger charge is 2.23. The molecule has 0 fully saturated rings. The minimum Gasteiger partial charge on any atom is -0.478 e. The van der Waals surface area contributed by atoms with Crippen LogP contribution in [0.5, 0.6) is 0 Å². The van der Waals surface area contributed by atoms with Gasteiger partial charge in [0.2, 0.25) is 0 Å². The number of carbonyl (C=O) groups excluding carboxylic acids is 2. The topological polar surface area (TPSA) is 119 Å². The molecule has 0 saturated carbocycles. The van der Waals surface area contributed by atoms with Crippen molar-refractivity contribution in [2.24, 2.45) is 5.73 Å². The molecule has 0 radical (unpaired) electrons. The van der Waals surface area contributed by atoms with Crippen LogP contribution in [-0.2, 0) is 14.3 Å². The lowest BCUT2D eigenvalue weighted by Crippen LogP contribution is -2.43. The zero-order chi connectivity index (χ0) is 14.4. The summed E-state index contributed by atoms with van der Waals surface area (Å²) < 4.78 is 4.61. The Kier molecular flexibility index (Phi) is 5.01. The van der Waals surface area contributed by atoms with Crippen LogP contribution in [0, 0.1) is 0 Å². The van der Waals surface area contributed by atoms with Gasteiger partial charge in [-0.1, -0.05) is 0 Å². The van der Waals surface area contributed by atoms with E-state index in [1.54, 1.807) is 6.92 Å². The van der Waals surface area contributed by atoms with Crippen molar-refractivity contribution in [2.45, 2.75) is 13.0 Å². The first-order valence-electron chi connectivity index (χ1n) is 5.52. The van der Waals surface area contributed by atoms with E-state index in [1.165, 1.54) is 24.3 Å². The second-order valence-electron chi connectivity index (χ2n) is 3.60. The summed E-state index contributed by atoms with van der Waals surface area (Å²) >= 11 is 0. The van der Waals surface area contributed by atoms with E-state index in [1.807, 2.05) is 0 Å². The molecule has 0 spiro atoms. The number of rotatable bonds is 5. The van der Waals surface area contributed by atoms with Crippen LogP contribution < -0.4 is 11.1 Å². The Bertz CT molecular complexity index is 483. The molecule has 19 heavy (non-hydrogen) atoms. The van der Waals surface area contributed by atoms with Crippen LogP contribution in [0.4, 0.5) is 5.69 Å². The van der Waals surface area contributed by atoms with Crippen LogP contribution in [0.1, 0.15) is 17.3 Å². The summed E-state index contributed by atoms with van der Waals surface area (Å²) in [6, 6.07) is 4.04. The molecule has 1 rings (SSSR count). The van der Waals surface area contributed by atoms with E-state index in [-0.39, 0.29) is 12.2 Å². The number of carboxylic acid groups (broad SMARTS) is 1. The molecule has 1 amide bonds. The fourth-order valence-corrected chi connectivity index (χ4v) is 1.26. The maximum absolute atomic E-state index is 11.6. The zero-order valence-corrected chi connectivity index (χ0v) is 10.3. The number of esters is 1. The molecule has 0 aliphatic heterocycles. The maximum Gasteiger partial charge on any atom is 0.335 e. The fourth-order valence-electron chi connectivity index (χ4n) is 1.26. The van der Waals surface area contributed by atoms with Gasteiger partial charge in [-0.3, -0.25) is 4.79 Å². The Morgan fingerprint density at radius 2 is 1.89 bits per heavy atom. The Morgan fingerprint density at radius 3 is 2.37 bits per heavy atom. The predicted octanol–water partition coefficient (Wildman–Crippen LogP) is 0.214. The van der Waals surface area contributed by atoms with Crippen LogP contribution in [0.3, 0.4) is 0 Å². The van der Waals surface area contributed by atoms with Gasteiger partial charge < -0.3 is 20.9 Å². The molecule has 1 unspecified atom stereocenters. The van der Waals surface area contributed by atoms with E-state index in [0.29, 0.717) is 5.69 Å². The smallest absolute Gasteiger partial charge is 0.335 e. The van der Waals surface area contributed by atoms with Gasteiger partial charge in [-0.15, -0.1) is 0 Å². The van der Waals surface area contributed by atoms with E-state index >= 15 is 0 Å². The number of nitrogens with two attached hydrogens (primary N) is 1. The van der Waals surface area contributed by atoms with E-state index in [4.69, 9.17) is 10.8 Å². The van der Waals surface area contributed by atoms with Gasteiger partial charge in [-0.05, 0) is 31.2 Å². The van der Waals surface area contributed by atoms with Crippen molar-refractivity contribution in [3.8, 4) is 0 Å². The first kappa shape index (κ1) is 14.7. The first-order chi connectivity index (χ1) is 8.95. The number of carbonyl (C=O) groups is 3. The standard InChI is InChI=1S/C12H14N2O5/c1-2-19-12(18)9(13)10(15)14-8-5-3-7(4-6-8)11(16)17/h3-6,9H,2,13H2,1H3,(H,14,15)(H,16,17). The van der Waals surface area contributed by atoms with Gasteiger partial charge in [0.15, 0.2) is 6.04 Å². The molecule has 0 bridgehead atoms. The van der Waals surface area contributed by atoms with Crippen LogP contribution in [-0.4, -0.2) is 35.6 Å². The van der Waals surface area contributed by atoms with Gasteiger partial charge in [0.1, 0.15) is 0 Å². The molecule has 1 atom stereocenters. The Balaban J connectivity index is 2.66. The van der Waals surface area contributed by atoms with E-state index in [9.17, 15) is 14.4 Å². The lowest BCUT2D eigenvalue weighted by molar-refractivity contribution is -0.146. The van der Waals surface area contributed by atoms with Crippen LogP contribution in [0.15, 0.2) is 24.3 Å². The van der Waals surface area contributed by atoms with Crippen LogP contribution in [0.25, 0.3) is 0 Å². The Labute approximate surface area is 109 Å². The van der Waals surface area contributed by atoms with Gasteiger partial charge in [0.05, 0.1) is 12.2 Å². The molecule has 102 valence electrons. The second kappa shape index (κ2) is 6.50. The van der Waals surface area contributed by atoms with E-state index < -0.39 is 23.9 Å². The highest BCUT2D eigenvalue weighted by Crippen LogP contribution is 2.09. The molecular weight excluding hydrogens is 252 g/mol. The van der Waals surface area contributed by atoms with Crippen molar-refractivity contribution in [1.82, 2.24) is 0 Å². The van der Waals surface area contributed by atoms with Crippen molar-refractivity contribution in [1.29, 1.82) is 0 Å². The van der Waals surface area contributed by atoms with Crippen LogP contribution >= 0.6 is 0 Å². The summed E-state index contributed by atoms with van der Waals surface area (Å²) in [5.74, 6) is -2.61. The summed E-state index contributed by atoms with van der Waals surface area (Å²) in [5.41, 5.74) is 5.82. The fraction of sp³-hybridized carbons (Fsp3) is 0.250. The highest BCUT2D eigenvalue weighted by atomic mass is 16.5. The Morgan fingerprint density at radius 1 is 1.32 bits per heavy atom. The van der Waals surface area contributed by atoms with Crippen molar-refractivity contribution in [3.63, 3.8) is 0 Å². The van der Waals surface area contributed by atoms with Crippen molar-refractivity contribution in [3.05, 3.63) is 29.8 Å². The second-order valence-corrected chi connectivity index (χ2v) is 3.60. The average Bonchev–Trinajstić information content (AvgIpc) is 2.38. The number of hydrogen-bond acceptors (Lipinski definition) is 5. The SMILES string of the molecule is CCOC(=O)C(N)C(=O)Nc1ccc(C(=O)O)cc1. The monoisotopic (exact) mass is 266 g/mol. The lowest BCUT2D eigenvalue weighted by Gasteiger charge is -2.11. The van der Waals surface area contributed by atoms with Crippen molar-refractivity contribution < 1.29 is 24.2 Å². The number of aromatic carboxylic acids is 1. The molecule has 1 aromatic rings. The summed E-state index contributed by atoms with van der Waals surface area (Å²) in [6.45, 7) is 1.74. The third-order valence-corrected chi connectivity index (χ3v) is 2.22. The summed E-state index contributed by atoms with van der Waals surface area (Å²) in [7, 11) is 0. The highest BCUT2D eigenvalue weighted by molar-refractivity contribution is 6.08. The summed E-state index contributed by atoms with van der Waals surface area (Å²) in [6.07, 6.45) is 0. The number of hydrogen-bond donors (Lipinski definition) is 3. The molecule has 0 aliphatic carbocycles. The summed E-state index contributed by atoms with van der Waals surface area (Å²) in [4.78, 5) is 33.5. The molecule has 7 nitrogen and oxygen atoms in total. The number of amides is 1. The van der Waals surface area contributed by atoms with E-state index in [2.05, 4.69) is 10.1 Å². The molecule has 7 heteroatoms. The molecule has 0 aromatic heterocycles. The van der Waals surface area contributed by atoms with Gasteiger partial charge in [0.25, 0.3) is 5.91 Å². The van der Waals surface area contributed by atoms with Gasteiger partial charge >= 0.3 is 11.9 Å². The molecule has 0 aliphatic rings. The average molecular weight is 266 g/mol. The minimum atomic E-state index is -1.42. The van der Waals surface area contributed by atoms with Gasteiger partial charge in [-0.2, -0.15) is 0 Å². The third-order valence-electron chi connectivity index (χ3n) is 2.22. The summed E-state index contributed by atoms with van der Waals surface area (Å²) in [5, 5.41) is 11.1. The number of benzene rings is 1. The molecule has 1 aromatic carbocycles. The molecule has 0 heterocycles. The normalized spacial score (nSPS) is 11.5. The minimum absolute atomic E-state index is 0.0905.